The Balaban J connectivity index is 0.00000147. The second-order valence-electron chi connectivity index (χ2n) is 4.76. The highest BCUT2D eigenvalue weighted by atomic mass is 35.5. The molecule has 1 aliphatic heterocycles. The van der Waals surface area contributed by atoms with Crippen molar-refractivity contribution in [3.63, 3.8) is 0 Å². The largest absolute Gasteiger partial charge is 1.00 e. The van der Waals surface area contributed by atoms with Crippen LogP contribution in [0.3, 0.4) is 0 Å². The Hall–Kier alpha value is -1.71. The molecule has 0 aromatic heterocycles. The van der Waals surface area contributed by atoms with Crippen molar-refractivity contribution in [2.45, 2.75) is 12.5 Å². The van der Waals surface area contributed by atoms with Gasteiger partial charge in [-0.1, -0.05) is 18.2 Å². The maximum atomic E-state index is 5.92. The molecule has 4 heteroatoms. The number of halogens is 1. The number of fused-ring (bicyclic) bond motifs is 1. The summed E-state index contributed by atoms with van der Waals surface area (Å²) < 4.78 is 11.1. The van der Waals surface area contributed by atoms with Gasteiger partial charge in [0, 0.05) is 18.6 Å². The molecule has 106 valence electrons. The standard InChI is InChI=1S/C16H17NO2.ClH/c1-18-14-8-6-13(7-9-14)17-11-15-10-12-4-2-3-5-16(12)19-15;/h2-9,15,17H,10-11H2,1H3;1H. The molecule has 1 heterocycles. The molecule has 2 aromatic rings. The maximum absolute atomic E-state index is 5.92. The van der Waals surface area contributed by atoms with Crippen molar-refractivity contribution < 1.29 is 27.2 Å². The van der Waals surface area contributed by atoms with Gasteiger partial charge in [-0.05, 0) is 23.8 Å². The molecule has 0 radical (unpaired) electrons. The second-order valence-corrected chi connectivity index (χ2v) is 4.76. The number of para-hydroxylation sites is 1. The first-order chi connectivity index (χ1) is 9.35. The number of methoxy groups -OCH3 is 1. The summed E-state index contributed by atoms with van der Waals surface area (Å²) in [7, 11) is 1.68. The lowest BCUT2D eigenvalue weighted by Crippen LogP contribution is -3.00. The van der Waals surface area contributed by atoms with Crippen molar-refractivity contribution in [3.05, 3.63) is 54.1 Å². The Labute approximate surface area is 125 Å². The molecule has 0 spiro atoms. The zero-order chi connectivity index (χ0) is 13.1. The Morgan fingerprint density at radius 3 is 2.60 bits per heavy atom. The topological polar surface area (TPSA) is 35.1 Å². The summed E-state index contributed by atoms with van der Waals surface area (Å²) in [6.45, 7) is 0.932. The fourth-order valence-electron chi connectivity index (χ4n) is 2.39. The molecule has 0 saturated heterocycles. The Morgan fingerprint density at radius 1 is 1.15 bits per heavy atom. The van der Waals surface area contributed by atoms with Gasteiger partial charge in [0.1, 0.15) is 23.7 Å². The lowest BCUT2D eigenvalue weighted by molar-refractivity contribution is -0.578. The van der Waals surface area contributed by atoms with Crippen LogP contribution in [0.1, 0.15) is 5.56 Å². The number of hydrogen-bond donors (Lipinski definition) is 1. The third-order valence-corrected chi connectivity index (χ3v) is 3.45. The molecule has 1 atom stereocenters. The SMILES string of the molecule is COc1ccc([NH2+]CC2Cc3ccccc3O2)cc1.[Cl-]. The first-order valence-electron chi connectivity index (χ1n) is 6.57. The van der Waals surface area contributed by atoms with Gasteiger partial charge in [0.05, 0.1) is 7.11 Å². The van der Waals surface area contributed by atoms with Crippen molar-refractivity contribution in [3.8, 4) is 11.5 Å². The molecule has 3 nitrogen and oxygen atoms in total. The molecule has 1 aliphatic rings. The number of benzene rings is 2. The molecule has 0 saturated carbocycles. The van der Waals surface area contributed by atoms with Crippen LogP contribution in [0.25, 0.3) is 0 Å². The highest BCUT2D eigenvalue weighted by Gasteiger charge is 2.23. The zero-order valence-corrected chi connectivity index (χ0v) is 12.1. The van der Waals surface area contributed by atoms with Gasteiger partial charge in [-0.15, -0.1) is 0 Å². The van der Waals surface area contributed by atoms with Crippen LogP contribution in [0.15, 0.2) is 48.5 Å². The van der Waals surface area contributed by atoms with E-state index in [0.29, 0.717) is 0 Å². The monoisotopic (exact) mass is 291 g/mol. The Bertz CT molecular complexity index is 532. The first-order valence-corrected chi connectivity index (χ1v) is 6.57. The summed E-state index contributed by atoms with van der Waals surface area (Å²) in [5, 5.41) is 2.22. The van der Waals surface area contributed by atoms with Crippen LogP contribution in [0.2, 0.25) is 0 Å². The van der Waals surface area contributed by atoms with Crippen molar-refractivity contribution in [1.82, 2.24) is 0 Å². The van der Waals surface area contributed by atoms with E-state index in [4.69, 9.17) is 9.47 Å². The van der Waals surface area contributed by atoms with Crippen molar-refractivity contribution >= 4 is 5.69 Å². The van der Waals surface area contributed by atoms with E-state index in [2.05, 4.69) is 29.6 Å². The van der Waals surface area contributed by atoms with Crippen LogP contribution < -0.4 is 27.2 Å². The number of hydrogen-bond acceptors (Lipinski definition) is 2. The molecule has 0 amide bonds. The lowest BCUT2D eigenvalue weighted by Gasteiger charge is -2.09. The predicted octanol–water partition coefficient (Wildman–Crippen LogP) is -1.10. The number of quaternary nitrogens is 1. The van der Waals surface area contributed by atoms with Crippen molar-refractivity contribution in [1.29, 1.82) is 0 Å². The number of nitrogens with two attached hydrogens (primary N) is 1. The molecule has 2 N–H and O–H groups in total. The molecule has 1 unspecified atom stereocenters. The molecular formula is C16H18ClNO2. The smallest absolute Gasteiger partial charge is 0.152 e. The summed E-state index contributed by atoms with van der Waals surface area (Å²) in [6, 6.07) is 16.4. The maximum Gasteiger partial charge on any atom is 0.152 e. The van der Waals surface area contributed by atoms with Crippen LogP contribution >= 0.6 is 0 Å². The summed E-state index contributed by atoms with van der Waals surface area (Å²) in [4.78, 5) is 0. The molecular weight excluding hydrogens is 274 g/mol. The van der Waals surface area contributed by atoms with Gasteiger partial charge in [-0.25, -0.2) is 0 Å². The predicted molar refractivity (Wildman–Crippen MR) is 74.0 cm³/mol. The lowest BCUT2D eigenvalue weighted by atomic mass is 10.1. The van der Waals surface area contributed by atoms with E-state index in [-0.39, 0.29) is 18.5 Å². The average molecular weight is 292 g/mol. The fraction of sp³-hybridized carbons (Fsp3) is 0.250. The van der Waals surface area contributed by atoms with Crippen LogP contribution in [0.5, 0.6) is 11.5 Å². The summed E-state index contributed by atoms with van der Waals surface area (Å²) in [5.74, 6) is 1.93. The molecule has 20 heavy (non-hydrogen) atoms. The van der Waals surface area contributed by atoms with Gasteiger partial charge in [0.15, 0.2) is 6.10 Å². The van der Waals surface area contributed by atoms with E-state index in [1.807, 2.05) is 24.3 Å². The first kappa shape index (κ1) is 14.7. The average Bonchev–Trinajstić information content (AvgIpc) is 2.88. The van der Waals surface area contributed by atoms with Crippen molar-refractivity contribution in [2.75, 3.05) is 13.7 Å². The highest BCUT2D eigenvalue weighted by molar-refractivity contribution is 5.37. The van der Waals surface area contributed by atoms with E-state index in [0.717, 1.165) is 24.5 Å². The third-order valence-electron chi connectivity index (χ3n) is 3.45. The quantitative estimate of drug-likeness (QED) is 0.726. The van der Waals surface area contributed by atoms with Crippen LogP contribution in [-0.2, 0) is 6.42 Å². The highest BCUT2D eigenvalue weighted by Crippen LogP contribution is 2.27. The molecule has 2 aromatic carbocycles. The summed E-state index contributed by atoms with van der Waals surface area (Å²) >= 11 is 0. The molecule has 0 bridgehead atoms. The van der Waals surface area contributed by atoms with Gasteiger partial charge in [-0.3, -0.25) is 0 Å². The molecule has 3 rings (SSSR count). The van der Waals surface area contributed by atoms with Crippen LogP contribution in [0, 0.1) is 0 Å². The van der Waals surface area contributed by atoms with Crippen LogP contribution in [0.4, 0.5) is 5.69 Å². The van der Waals surface area contributed by atoms with E-state index in [9.17, 15) is 0 Å². The Kier molecular flexibility index (Phi) is 4.88. The third kappa shape index (κ3) is 3.24. The van der Waals surface area contributed by atoms with E-state index in [1.54, 1.807) is 7.11 Å². The summed E-state index contributed by atoms with van der Waals surface area (Å²) in [6.07, 6.45) is 1.27. The van der Waals surface area contributed by atoms with Gasteiger partial charge < -0.3 is 27.2 Å². The van der Waals surface area contributed by atoms with Gasteiger partial charge >= 0.3 is 0 Å². The molecule has 0 fully saturated rings. The normalized spacial score (nSPS) is 15.9. The fourth-order valence-corrected chi connectivity index (χ4v) is 2.39. The summed E-state index contributed by atoms with van der Waals surface area (Å²) in [5.41, 5.74) is 2.52. The molecule has 0 aliphatic carbocycles. The van der Waals surface area contributed by atoms with E-state index in [1.165, 1.54) is 11.3 Å². The van der Waals surface area contributed by atoms with E-state index < -0.39 is 0 Å². The minimum Gasteiger partial charge on any atom is -1.00 e. The van der Waals surface area contributed by atoms with Crippen molar-refractivity contribution in [2.24, 2.45) is 0 Å². The van der Waals surface area contributed by atoms with E-state index >= 15 is 0 Å². The number of ether oxygens (including phenoxy) is 2. The zero-order valence-electron chi connectivity index (χ0n) is 11.4. The van der Waals surface area contributed by atoms with Gasteiger partial charge in [0.2, 0.25) is 0 Å². The van der Waals surface area contributed by atoms with Crippen LogP contribution in [-0.4, -0.2) is 19.8 Å². The van der Waals surface area contributed by atoms with Gasteiger partial charge in [0.25, 0.3) is 0 Å². The number of rotatable bonds is 4. The minimum absolute atomic E-state index is 0. The Morgan fingerprint density at radius 2 is 1.90 bits per heavy atom. The van der Waals surface area contributed by atoms with Gasteiger partial charge in [-0.2, -0.15) is 0 Å². The minimum atomic E-state index is 0. The second kappa shape index (κ2) is 6.64.